The summed E-state index contributed by atoms with van der Waals surface area (Å²) in [5.41, 5.74) is 0. The van der Waals surface area contributed by atoms with E-state index < -0.39 is 17.8 Å². The topological polar surface area (TPSA) is 98.7 Å². The van der Waals surface area contributed by atoms with Crippen molar-refractivity contribution in [2.24, 2.45) is 17.8 Å². The number of nitrogens with one attached hydrogen (secondary N) is 2. The Morgan fingerprint density at radius 1 is 1.19 bits per heavy atom. The zero-order valence-electron chi connectivity index (χ0n) is 12.3. The van der Waals surface area contributed by atoms with Crippen molar-refractivity contribution >= 4 is 17.8 Å². The Bertz CT molecular complexity index is 420. The molecule has 0 radical (unpaired) electrons. The third-order valence-electron chi connectivity index (χ3n) is 4.34. The maximum atomic E-state index is 12.1. The van der Waals surface area contributed by atoms with Gasteiger partial charge in [-0.3, -0.25) is 14.4 Å². The third kappa shape index (κ3) is 3.93. The van der Waals surface area contributed by atoms with Gasteiger partial charge in [-0.1, -0.05) is 6.92 Å². The number of aliphatic carboxylic acids is 1. The zero-order valence-corrected chi connectivity index (χ0v) is 12.3. The Labute approximate surface area is 124 Å². The van der Waals surface area contributed by atoms with Gasteiger partial charge >= 0.3 is 5.97 Å². The molecule has 1 saturated carbocycles. The van der Waals surface area contributed by atoms with Gasteiger partial charge in [-0.25, -0.2) is 0 Å². The van der Waals surface area contributed by atoms with Crippen molar-refractivity contribution in [1.29, 1.82) is 0 Å². The van der Waals surface area contributed by atoms with E-state index in [-0.39, 0.29) is 24.3 Å². The van der Waals surface area contributed by atoms with Crippen LogP contribution in [0.4, 0.5) is 0 Å². The second-order valence-electron chi connectivity index (χ2n) is 5.98. The van der Waals surface area contributed by atoms with Gasteiger partial charge in [0, 0.05) is 26.2 Å². The van der Waals surface area contributed by atoms with E-state index in [0.29, 0.717) is 25.9 Å². The van der Waals surface area contributed by atoms with Crippen LogP contribution in [0.2, 0.25) is 0 Å². The van der Waals surface area contributed by atoms with E-state index in [2.05, 4.69) is 10.6 Å². The fourth-order valence-electron chi connectivity index (χ4n) is 3.17. The van der Waals surface area contributed by atoms with Crippen molar-refractivity contribution in [3.63, 3.8) is 0 Å². The summed E-state index contributed by atoms with van der Waals surface area (Å²) in [5.74, 6) is -2.26. The predicted octanol–water partition coefficient (Wildman–Crippen LogP) is -0.719. The Hall–Kier alpha value is -1.63. The maximum Gasteiger partial charge on any atom is 0.307 e. The number of carboxylic acids is 1. The Kier molecular flexibility index (Phi) is 5.17. The molecule has 7 nitrogen and oxygen atoms in total. The van der Waals surface area contributed by atoms with E-state index in [1.807, 2.05) is 6.92 Å². The van der Waals surface area contributed by atoms with E-state index >= 15 is 0 Å². The highest BCUT2D eigenvalue weighted by Crippen LogP contribution is 2.36. The summed E-state index contributed by atoms with van der Waals surface area (Å²) in [5, 5.41) is 14.9. The molecule has 21 heavy (non-hydrogen) atoms. The molecule has 1 aliphatic carbocycles. The standard InChI is InChI=1S/C14H23N3O4/c1-9-6-10(11(7-9)14(20)21)13(19)16-8-12(18)17-4-2-15-3-5-17/h9-11,15H,2-8H2,1H3,(H,16,19)(H,20,21). The molecule has 1 saturated heterocycles. The van der Waals surface area contributed by atoms with E-state index in [1.165, 1.54) is 0 Å². The molecule has 0 spiro atoms. The molecule has 2 aliphatic rings. The minimum Gasteiger partial charge on any atom is -0.481 e. The molecule has 0 aromatic rings. The van der Waals surface area contributed by atoms with Gasteiger partial charge in [-0.2, -0.15) is 0 Å². The van der Waals surface area contributed by atoms with Gasteiger partial charge in [0.05, 0.1) is 18.4 Å². The van der Waals surface area contributed by atoms with Crippen molar-refractivity contribution in [3.05, 3.63) is 0 Å². The monoisotopic (exact) mass is 297 g/mol. The van der Waals surface area contributed by atoms with Crippen LogP contribution in [0, 0.1) is 17.8 Å². The summed E-state index contributed by atoms with van der Waals surface area (Å²) < 4.78 is 0. The summed E-state index contributed by atoms with van der Waals surface area (Å²) in [6.07, 6.45) is 1.10. The van der Waals surface area contributed by atoms with Crippen LogP contribution in [-0.4, -0.2) is 60.5 Å². The first-order chi connectivity index (χ1) is 9.99. The van der Waals surface area contributed by atoms with Gasteiger partial charge < -0.3 is 20.6 Å². The number of hydrogen-bond acceptors (Lipinski definition) is 4. The molecule has 1 aliphatic heterocycles. The van der Waals surface area contributed by atoms with E-state index in [9.17, 15) is 14.4 Å². The van der Waals surface area contributed by atoms with Crippen LogP contribution in [0.5, 0.6) is 0 Å². The number of nitrogens with zero attached hydrogens (tertiary/aromatic N) is 1. The molecular formula is C14H23N3O4. The number of piperazine rings is 1. The lowest BCUT2D eigenvalue weighted by Crippen LogP contribution is -2.50. The van der Waals surface area contributed by atoms with Gasteiger partial charge in [-0.05, 0) is 18.8 Å². The predicted molar refractivity (Wildman–Crippen MR) is 75.5 cm³/mol. The number of rotatable bonds is 4. The number of carbonyl (C=O) groups excluding carboxylic acids is 2. The molecule has 0 bridgehead atoms. The van der Waals surface area contributed by atoms with E-state index in [0.717, 1.165) is 13.1 Å². The third-order valence-corrected chi connectivity index (χ3v) is 4.34. The largest absolute Gasteiger partial charge is 0.481 e. The van der Waals surface area contributed by atoms with Gasteiger partial charge in [0.1, 0.15) is 0 Å². The van der Waals surface area contributed by atoms with E-state index in [1.54, 1.807) is 4.90 Å². The summed E-state index contributed by atoms with van der Waals surface area (Å²) in [6, 6.07) is 0. The van der Waals surface area contributed by atoms with Crippen LogP contribution < -0.4 is 10.6 Å². The van der Waals surface area contributed by atoms with Crippen molar-refractivity contribution in [2.75, 3.05) is 32.7 Å². The summed E-state index contributed by atoms with van der Waals surface area (Å²) in [6.45, 7) is 4.73. The van der Waals surface area contributed by atoms with Gasteiger partial charge in [-0.15, -0.1) is 0 Å². The first-order valence-electron chi connectivity index (χ1n) is 7.48. The fourth-order valence-corrected chi connectivity index (χ4v) is 3.17. The van der Waals surface area contributed by atoms with Crippen LogP contribution in [0.15, 0.2) is 0 Å². The number of amides is 2. The average molecular weight is 297 g/mol. The molecule has 2 rings (SSSR count). The van der Waals surface area contributed by atoms with Gasteiger partial charge in [0.2, 0.25) is 11.8 Å². The first-order valence-corrected chi connectivity index (χ1v) is 7.48. The zero-order chi connectivity index (χ0) is 15.4. The molecule has 0 aromatic heterocycles. The normalized spacial score (nSPS) is 29.2. The summed E-state index contributed by atoms with van der Waals surface area (Å²) in [4.78, 5) is 37.0. The van der Waals surface area contributed by atoms with Gasteiger partial charge in [0.15, 0.2) is 0 Å². The highest BCUT2D eigenvalue weighted by Gasteiger charge is 2.41. The van der Waals surface area contributed by atoms with Crippen molar-refractivity contribution < 1.29 is 19.5 Å². The fraction of sp³-hybridized carbons (Fsp3) is 0.786. The minimum absolute atomic E-state index is 0.0456. The maximum absolute atomic E-state index is 12.1. The number of hydrogen-bond donors (Lipinski definition) is 3. The highest BCUT2D eigenvalue weighted by molar-refractivity contribution is 5.89. The smallest absolute Gasteiger partial charge is 0.307 e. The van der Waals surface area contributed by atoms with Gasteiger partial charge in [0.25, 0.3) is 0 Å². The summed E-state index contributed by atoms with van der Waals surface area (Å²) >= 11 is 0. The van der Waals surface area contributed by atoms with Crippen molar-refractivity contribution in [3.8, 4) is 0 Å². The molecule has 0 aromatic carbocycles. The van der Waals surface area contributed by atoms with Crippen LogP contribution in [0.25, 0.3) is 0 Å². The second-order valence-corrected chi connectivity index (χ2v) is 5.98. The minimum atomic E-state index is -0.923. The molecular weight excluding hydrogens is 274 g/mol. The first kappa shape index (κ1) is 15.8. The average Bonchev–Trinajstić information content (AvgIpc) is 2.87. The Morgan fingerprint density at radius 2 is 1.81 bits per heavy atom. The Morgan fingerprint density at radius 3 is 2.43 bits per heavy atom. The molecule has 2 fully saturated rings. The Balaban J connectivity index is 1.83. The molecule has 3 unspecified atom stereocenters. The van der Waals surface area contributed by atoms with Crippen LogP contribution in [0.1, 0.15) is 19.8 Å². The summed E-state index contributed by atoms with van der Waals surface area (Å²) in [7, 11) is 0. The lowest BCUT2D eigenvalue weighted by Gasteiger charge is -2.27. The lowest BCUT2D eigenvalue weighted by atomic mass is 9.95. The molecule has 118 valence electrons. The molecule has 3 N–H and O–H groups in total. The molecule has 2 amide bonds. The SMILES string of the molecule is CC1CC(C(=O)O)C(C(=O)NCC(=O)N2CCNCC2)C1. The number of carboxylic acid groups (broad SMARTS) is 1. The quantitative estimate of drug-likeness (QED) is 0.636. The molecule has 7 heteroatoms. The van der Waals surface area contributed by atoms with Crippen molar-refractivity contribution in [2.45, 2.75) is 19.8 Å². The molecule has 1 heterocycles. The second kappa shape index (κ2) is 6.89. The van der Waals surface area contributed by atoms with Crippen LogP contribution >= 0.6 is 0 Å². The van der Waals surface area contributed by atoms with Crippen molar-refractivity contribution in [1.82, 2.24) is 15.5 Å². The highest BCUT2D eigenvalue weighted by atomic mass is 16.4. The van der Waals surface area contributed by atoms with Crippen LogP contribution in [0.3, 0.4) is 0 Å². The van der Waals surface area contributed by atoms with Crippen LogP contribution in [-0.2, 0) is 14.4 Å². The van der Waals surface area contributed by atoms with E-state index in [4.69, 9.17) is 5.11 Å². The molecule has 3 atom stereocenters. The number of carbonyl (C=O) groups is 3. The lowest BCUT2D eigenvalue weighted by molar-refractivity contribution is -0.146.